The number of aliphatic hydroxyl groups is 2. The number of phenols is 2. The third kappa shape index (κ3) is 4.15. The van der Waals surface area contributed by atoms with Gasteiger partial charge in [-0.1, -0.05) is 19.1 Å². The lowest BCUT2D eigenvalue weighted by Gasteiger charge is -2.44. The second kappa shape index (κ2) is 9.18. The third-order valence-electron chi connectivity index (χ3n) is 8.13. The monoisotopic (exact) mass is 511 g/mol. The molecular formula is C28H33NO8. The fourth-order valence-corrected chi connectivity index (χ4v) is 5.96. The molecule has 1 heterocycles. The van der Waals surface area contributed by atoms with Gasteiger partial charge in [-0.3, -0.25) is 9.59 Å². The fraction of sp³-hybridized carbons (Fsp3) is 0.500. The normalized spacial score (nSPS) is 31.2. The lowest BCUT2D eigenvalue weighted by Crippen LogP contribution is -2.53. The summed E-state index contributed by atoms with van der Waals surface area (Å²) in [5, 5.41) is 43.7. The number of aromatic hydroxyl groups is 2. The predicted molar refractivity (Wildman–Crippen MR) is 133 cm³/mol. The van der Waals surface area contributed by atoms with Crippen molar-refractivity contribution < 1.29 is 39.5 Å². The van der Waals surface area contributed by atoms with Crippen molar-refractivity contribution in [2.75, 3.05) is 14.1 Å². The van der Waals surface area contributed by atoms with Gasteiger partial charge in [0.15, 0.2) is 12.1 Å². The zero-order chi connectivity index (χ0) is 26.8. The average Bonchev–Trinajstić information content (AvgIpc) is 2.83. The van der Waals surface area contributed by atoms with Gasteiger partial charge in [0.1, 0.15) is 11.5 Å². The number of aliphatic hydroxyl groups excluding tert-OH is 1. The minimum Gasteiger partial charge on any atom is -0.507 e. The van der Waals surface area contributed by atoms with Gasteiger partial charge >= 0.3 is 0 Å². The summed E-state index contributed by atoms with van der Waals surface area (Å²) in [6, 6.07) is 5.63. The van der Waals surface area contributed by atoms with Crippen molar-refractivity contribution in [3.8, 4) is 11.5 Å². The van der Waals surface area contributed by atoms with Crippen molar-refractivity contribution in [1.82, 2.24) is 4.90 Å². The molecule has 0 radical (unpaired) electrons. The molecular weight excluding hydrogens is 478 g/mol. The van der Waals surface area contributed by atoms with E-state index >= 15 is 0 Å². The molecule has 0 saturated carbocycles. The zero-order valence-corrected chi connectivity index (χ0v) is 21.4. The smallest absolute Gasteiger partial charge is 0.201 e. The Bertz CT molecular complexity index is 1270. The summed E-state index contributed by atoms with van der Waals surface area (Å²) in [5.74, 6) is -1.83. The van der Waals surface area contributed by atoms with Gasteiger partial charge in [-0.2, -0.15) is 0 Å². The first-order valence-electron chi connectivity index (χ1n) is 12.6. The molecule has 37 heavy (non-hydrogen) atoms. The van der Waals surface area contributed by atoms with E-state index in [1.54, 1.807) is 13.0 Å². The summed E-state index contributed by atoms with van der Waals surface area (Å²) in [4.78, 5) is 28.7. The number of carbonyl (C=O) groups is 2. The number of ether oxygens (including phenoxy) is 2. The quantitative estimate of drug-likeness (QED) is 0.416. The number of nitrogens with zero attached hydrogens (tertiary/aromatic N) is 1. The summed E-state index contributed by atoms with van der Waals surface area (Å²) < 4.78 is 12.3. The SMILES string of the molecule is CC[C@]1(O)Cc2cc3c(c(O)c2[C@@H](O[C@H]2C[C@H](N(C)C)[C@H](O)[C@H](C)O2)C1)C(=O)c1c(O)cccc1C3=O. The predicted octanol–water partition coefficient (Wildman–Crippen LogP) is 2.44. The van der Waals surface area contributed by atoms with Crippen LogP contribution in [-0.4, -0.2) is 81.1 Å². The summed E-state index contributed by atoms with van der Waals surface area (Å²) in [6.07, 6.45) is -1.68. The van der Waals surface area contributed by atoms with E-state index in [9.17, 15) is 30.0 Å². The molecule has 3 aliphatic rings. The van der Waals surface area contributed by atoms with E-state index in [1.807, 2.05) is 25.9 Å². The highest BCUT2D eigenvalue weighted by Crippen LogP contribution is 2.49. The van der Waals surface area contributed by atoms with Gasteiger partial charge in [0, 0.05) is 42.0 Å². The molecule has 6 atom stereocenters. The number of likely N-dealkylation sites (N-methyl/N-ethyl adjacent to an activating group) is 1. The Morgan fingerprint density at radius 2 is 1.86 bits per heavy atom. The molecule has 0 amide bonds. The van der Waals surface area contributed by atoms with Crippen molar-refractivity contribution in [2.24, 2.45) is 0 Å². The standard InChI is InChI=1S/C28H33NO8/c1-5-28(35)11-14-9-16-23(27(34)22-15(25(16)32)7-6-8-18(22)30)26(33)21(14)19(12-28)37-20-10-17(29(3)4)24(31)13(2)36-20/h6-9,13,17,19-20,24,30-31,33,35H,5,10-12H2,1-4H3/t13-,17-,19-,20-,24+,28-/m0/s1. The molecule has 1 fully saturated rings. The number of hydrogen-bond acceptors (Lipinski definition) is 9. The molecule has 198 valence electrons. The van der Waals surface area contributed by atoms with Crippen LogP contribution in [-0.2, 0) is 15.9 Å². The molecule has 1 aliphatic heterocycles. The third-order valence-corrected chi connectivity index (χ3v) is 8.13. The highest BCUT2D eigenvalue weighted by Gasteiger charge is 2.45. The number of carbonyl (C=O) groups excluding carboxylic acids is 2. The van der Waals surface area contributed by atoms with Crippen LogP contribution in [0.5, 0.6) is 11.5 Å². The van der Waals surface area contributed by atoms with Crippen LogP contribution >= 0.6 is 0 Å². The van der Waals surface area contributed by atoms with Gasteiger partial charge in [0.2, 0.25) is 5.78 Å². The fourth-order valence-electron chi connectivity index (χ4n) is 5.96. The Kier molecular flexibility index (Phi) is 6.40. The Balaban J connectivity index is 1.59. The maximum Gasteiger partial charge on any atom is 0.201 e. The van der Waals surface area contributed by atoms with Crippen LogP contribution in [0.3, 0.4) is 0 Å². The molecule has 9 nitrogen and oxygen atoms in total. The van der Waals surface area contributed by atoms with Gasteiger partial charge in [-0.25, -0.2) is 0 Å². The van der Waals surface area contributed by atoms with E-state index in [2.05, 4.69) is 0 Å². The van der Waals surface area contributed by atoms with Crippen LogP contribution in [0.4, 0.5) is 0 Å². The molecule has 0 aromatic heterocycles. The first kappa shape index (κ1) is 25.8. The number of rotatable bonds is 4. The second-order valence-electron chi connectivity index (χ2n) is 10.7. The van der Waals surface area contributed by atoms with E-state index < -0.39 is 41.8 Å². The van der Waals surface area contributed by atoms with Gasteiger partial charge in [-0.15, -0.1) is 0 Å². The molecule has 9 heteroatoms. The number of ketones is 2. The largest absolute Gasteiger partial charge is 0.507 e. The van der Waals surface area contributed by atoms with Gasteiger partial charge < -0.3 is 34.8 Å². The molecule has 2 aromatic carbocycles. The van der Waals surface area contributed by atoms with Crippen LogP contribution in [0.1, 0.15) is 82.2 Å². The van der Waals surface area contributed by atoms with Crippen LogP contribution in [0.15, 0.2) is 24.3 Å². The highest BCUT2D eigenvalue weighted by atomic mass is 16.7. The molecule has 2 aliphatic carbocycles. The van der Waals surface area contributed by atoms with Crippen molar-refractivity contribution in [3.05, 3.63) is 57.6 Å². The van der Waals surface area contributed by atoms with E-state index in [0.717, 1.165) is 0 Å². The molecule has 1 saturated heterocycles. The summed E-state index contributed by atoms with van der Waals surface area (Å²) in [7, 11) is 3.73. The number of phenolic OH excluding ortho intramolecular Hbond substituents is 2. The zero-order valence-electron chi connectivity index (χ0n) is 21.4. The van der Waals surface area contributed by atoms with E-state index in [-0.39, 0.29) is 52.6 Å². The van der Waals surface area contributed by atoms with Crippen LogP contribution in [0.2, 0.25) is 0 Å². The number of hydrogen-bond donors (Lipinski definition) is 4. The topological polar surface area (TPSA) is 137 Å². The Labute approximate surface area is 215 Å². The maximum absolute atomic E-state index is 13.4. The summed E-state index contributed by atoms with van der Waals surface area (Å²) in [6.45, 7) is 3.61. The first-order chi connectivity index (χ1) is 17.5. The van der Waals surface area contributed by atoms with Crippen molar-refractivity contribution in [3.63, 3.8) is 0 Å². The Morgan fingerprint density at radius 3 is 2.54 bits per heavy atom. The molecule has 5 rings (SSSR count). The van der Waals surface area contributed by atoms with Gasteiger partial charge in [0.25, 0.3) is 0 Å². The second-order valence-corrected chi connectivity index (χ2v) is 10.7. The highest BCUT2D eigenvalue weighted by molar-refractivity contribution is 6.30. The average molecular weight is 512 g/mol. The maximum atomic E-state index is 13.4. The minimum absolute atomic E-state index is 0.0387. The lowest BCUT2D eigenvalue weighted by molar-refractivity contribution is -0.257. The summed E-state index contributed by atoms with van der Waals surface area (Å²) >= 11 is 0. The van der Waals surface area contributed by atoms with Crippen molar-refractivity contribution >= 4 is 11.6 Å². The van der Waals surface area contributed by atoms with Crippen LogP contribution in [0, 0.1) is 0 Å². The molecule has 2 aromatic rings. The number of benzene rings is 2. The van der Waals surface area contributed by atoms with Crippen molar-refractivity contribution in [1.29, 1.82) is 0 Å². The van der Waals surface area contributed by atoms with Gasteiger partial charge in [0.05, 0.1) is 35.0 Å². The molecule has 0 spiro atoms. The number of fused-ring (bicyclic) bond motifs is 3. The van der Waals surface area contributed by atoms with E-state index in [0.29, 0.717) is 24.0 Å². The Morgan fingerprint density at radius 1 is 1.14 bits per heavy atom. The minimum atomic E-state index is -1.16. The first-order valence-corrected chi connectivity index (χ1v) is 12.6. The molecule has 0 unspecified atom stereocenters. The molecule has 4 N–H and O–H groups in total. The Hall–Kier alpha value is -2.82. The van der Waals surface area contributed by atoms with Crippen LogP contribution in [0.25, 0.3) is 0 Å². The van der Waals surface area contributed by atoms with Crippen LogP contribution < -0.4 is 0 Å². The van der Waals surface area contributed by atoms with E-state index in [1.165, 1.54) is 18.2 Å². The van der Waals surface area contributed by atoms with E-state index in [4.69, 9.17) is 9.47 Å². The molecule has 0 bridgehead atoms. The summed E-state index contributed by atoms with van der Waals surface area (Å²) in [5.41, 5.74) is -0.498. The van der Waals surface area contributed by atoms with Crippen molar-refractivity contribution in [2.45, 2.75) is 75.8 Å². The lowest BCUT2D eigenvalue weighted by atomic mass is 9.73. The van der Waals surface area contributed by atoms with Gasteiger partial charge in [-0.05, 0) is 45.1 Å².